The summed E-state index contributed by atoms with van der Waals surface area (Å²) in [4.78, 5) is 24.4. The van der Waals surface area contributed by atoms with Crippen molar-refractivity contribution in [3.8, 4) is 0 Å². The summed E-state index contributed by atoms with van der Waals surface area (Å²) in [7, 11) is -2.20. The normalized spacial score (nSPS) is 13.7. The third-order valence-electron chi connectivity index (χ3n) is 3.84. The Morgan fingerprint density at radius 2 is 1.96 bits per heavy atom. The van der Waals surface area contributed by atoms with Gasteiger partial charge < -0.3 is 10.6 Å². The van der Waals surface area contributed by atoms with Gasteiger partial charge in [0, 0.05) is 24.0 Å². The van der Waals surface area contributed by atoms with Gasteiger partial charge in [-0.15, -0.1) is 0 Å². The number of hydrogen-bond donors (Lipinski definition) is 2. The van der Waals surface area contributed by atoms with Gasteiger partial charge in [0.1, 0.15) is 0 Å². The summed E-state index contributed by atoms with van der Waals surface area (Å²) in [6, 6.07) is 10.4. The number of nitrogens with one attached hydrogen (secondary N) is 1. The average Bonchev–Trinajstić information content (AvgIpc) is 2.81. The number of primary amides is 1. The monoisotopic (exact) mass is 345 g/mol. The largest absolute Gasteiger partial charge is 0.366 e. The van der Waals surface area contributed by atoms with Crippen molar-refractivity contribution >= 4 is 33.2 Å². The van der Waals surface area contributed by atoms with Gasteiger partial charge in [-0.05, 0) is 42.0 Å². The lowest BCUT2D eigenvalue weighted by Gasteiger charge is -2.12. The third kappa shape index (κ3) is 2.83. The first-order valence-electron chi connectivity index (χ1n) is 7.10. The highest BCUT2D eigenvalue weighted by atomic mass is 32.2. The number of anilines is 2. The molecule has 3 N–H and O–H groups in total. The molecule has 0 bridgehead atoms. The Kier molecular flexibility index (Phi) is 3.76. The molecule has 0 saturated heterocycles. The van der Waals surface area contributed by atoms with E-state index in [2.05, 4.69) is 4.72 Å². The maximum Gasteiger partial charge on any atom is 0.261 e. The second-order valence-electron chi connectivity index (χ2n) is 5.47. The summed E-state index contributed by atoms with van der Waals surface area (Å²) in [6.45, 7) is 0. The van der Waals surface area contributed by atoms with Crippen molar-refractivity contribution in [2.24, 2.45) is 5.73 Å². The van der Waals surface area contributed by atoms with E-state index in [1.54, 1.807) is 13.1 Å². The second kappa shape index (κ2) is 5.64. The van der Waals surface area contributed by atoms with Crippen molar-refractivity contribution < 1.29 is 18.0 Å². The molecule has 2 aromatic rings. The molecule has 0 aromatic heterocycles. The fourth-order valence-corrected chi connectivity index (χ4v) is 3.66. The Hall–Kier alpha value is -2.87. The standard InChI is InChI=1S/C16H15N3O4S/c1-19-14-6-5-13(8-11(14)9-15(19)20)24(22,23)18-12-4-2-3-10(7-12)16(17)21/h2-8,18H,9H2,1H3,(H2,17,21). The Bertz CT molecular complexity index is 954. The van der Waals surface area contributed by atoms with Crippen LogP contribution in [-0.2, 0) is 21.2 Å². The molecule has 24 heavy (non-hydrogen) atoms. The second-order valence-corrected chi connectivity index (χ2v) is 7.15. The summed E-state index contributed by atoms with van der Waals surface area (Å²) >= 11 is 0. The van der Waals surface area contributed by atoms with Crippen LogP contribution in [0.2, 0.25) is 0 Å². The number of likely N-dealkylation sites (N-methyl/N-ethyl adjacent to an activating group) is 1. The van der Waals surface area contributed by atoms with E-state index in [9.17, 15) is 18.0 Å². The highest BCUT2D eigenvalue weighted by Gasteiger charge is 2.26. The molecule has 3 rings (SSSR count). The highest BCUT2D eigenvalue weighted by Crippen LogP contribution is 2.30. The van der Waals surface area contributed by atoms with E-state index in [0.29, 0.717) is 11.3 Å². The molecular formula is C16H15N3O4S. The fraction of sp³-hybridized carbons (Fsp3) is 0.125. The van der Waals surface area contributed by atoms with Crippen molar-refractivity contribution in [2.75, 3.05) is 16.7 Å². The smallest absolute Gasteiger partial charge is 0.261 e. The third-order valence-corrected chi connectivity index (χ3v) is 5.22. The van der Waals surface area contributed by atoms with Gasteiger partial charge in [0.2, 0.25) is 11.8 Å². The highest BCUT2D eigenvalue weighted by molar-refractivity contribution is 7.92. The molecule has 1 aliphatic heterocycles. The van der Waals surface area contributed by atoms with Gasteiger partial charge in [0.05, 0.1) is 11.3 Å². The summed E-state index contributed by atoms with van der Waals surface area (Å²) in [5.74, 6) is -0.725. The first kappa shape index (κ1) is 16.0. The average molecular weight is 345 g/mol. The van der Waals surface area contributed by atoms with Crippen molar-refractivity contribution in [3.05, 3.63) is 53.6 Å². The van der Waals surface area contributed by atoms with Crippen molar-refractivity contribution in [3.63, 3.8) is 0 Å². The van der Waals surface area contributed by atoms with E-state index in [1.807, 2.05) is 0 Å². The molecule has 0 aliphatic carbocycles. The van der Waals surface area contributed by atoms with Gasteiger partial charge >= 0.3 is 0 Å². The number of carbonyl (C=O) groups excluding carboxylic acids is 2. The molecule has 0 radical (unpaired) electrons. The topological polar surface area (TPSA) is 110 Å². The lowest BCUT2D eigenvalue weighted by Crippen LogP contribution is -2.20. The van der Waals surface area contributed by atoms with Crippen LogP contribution in [0.3, 0.4) is 0 Å². The Morgan fingerprint density at radius 1 is 1.21 bits per heavy atom. The maximum absolute atomic E-state index is 12.5. The zero-order chi connectivity index (χ0) is 17.5. The van der Waals surface area contributed by atoms with E-state index in [1.165, 1.54) is 41.3 Å². The zero-order valence-corrected chi connectivity index (χ0v) is 13.6. The molecule has 8 heteroatoms. The summed E-state index contributed by atoms with van der Waals surface area (Å²) < 4.78 is 27.4. The number of nitrogens with zero attached hydrogens (tertiary/aromatic N) is 1. The van der Waals surface area contributed by atoms with Crippen LogP contribution in [0.25, 0.3) is 0 Å². The Balaban J connectivity index is 1.92. The van der Waals surface area contributed by atoms with Crippen molar-refractivity contribution in [2.45, 2.75) is 11.3 Å². The number of nitrogens with two attached hydrogens (primary N) is 1. The van der Waals surface area contributed by atoms with Gasteiger partial charge in [-0.3, -0.25) is 14.3 Å². The lowest BCUT2D eigenvalue weighted by atomic mass is 10.2. The summed E-state index contributed by atoms with van der Waals surface area (Å²) in [5.41, 5.74) is 7.00. The minimum absolute atomic E-state index is 0.0498. The van der Waals surface area contributed by atoms with Gasteiger partial charge in [-0.2, -0.15) is 0 Å². The Labute approximate surface area is 139 Å². The van der Waals surface area contributed by atoms with E-state index >= 15 is 0 Å². The van der Waals surface area contributed by atoms with Gasteiger partial charge in [-0.1, -0.05) is 6.07 Å². The molecule has 0 saturated carbocycles. The predicted molar refractivity (Wildman–Crippen MR) is 89.3 cm³/mol. The minimum Gasteiger partial charge on any atom is -0.366 e. The van der Waals surface area contributed by atoms with Crippen LogP contribution < -0.4 is 15.4 Å². The quantitative estimate of drug-likeness (QED) is 0.865. The number of rotatable bonds is 4. The molecular weight excluding hydrogens is 330 g/mol. The van der Waals surface area contributed by atoms with E-state index in [-0.39, 0.29) is 28.5 Å². The van der Waals surface area contributed by atoms with Gasteiger partial charge in [-0.25, -0.2) is 8.42 Å². The first-order valence-corrected chi connectivity index (χ1v) is 8.58. The molecule has 1 aliphatic rings. The number of amides is 2. The van der Waals surface area contributed by atoms with Crippen LogP contribution in [0.4, 0.5) is 11.4 Å². The van der Waals surface area contributed by atoms with E-state index < -0.39 is 15.9 Å². The molecule has 2 amide bonds. The molecule has 0 fully saturated rings. The number of sulfonamides is 1. The van der Waals surface area contributed by atoms with Crippen molar-refractivity contribution in [1.29, 1.82) is 0 Å². The van der Waals surface area contributed by atoms with Crippen LogP contribution in [0.5, 0.6) is 0 Å². The van der Waals surface area contributed by atoms with Gasteiger partial charge in [0.25, 0.3) is 10.0 Å². The molecule has 0 spiro atoms. The number of benzene rings is 2. The molecule has 0 unspecified atom stereocenters. The number of fused-ring (bicyclic) bond motifs is 1. The molecule has 1 heterocycles. The minimum atomic E-state index is -3.84. The van der Waals surface area contributed by atoms with Gasteiger partial charge in [0.15, 0.2) is 0 Å². The molecule has 0 atom stereocenters. The molecule has 7 nitrogen and oxygen atoms in total. The van der Waals surface area contributed by atoms with Crippen LogP contribution in [-0.4, -0.2) is 27.3 Å². The Morgan fingerprint density at radius 3 is 2.67 bits per heavy atom. The molecule has 124 valence electrons. The zero-order valence-electron chi connectivity index (χ0n) is 12.8. The fourth-order valence-electron chi connectivity index (χ4n) is 2.56. The van der Waals surface area contributed by atoms with Crippen LogP contribution in [0.1, 0.15) is 15.9 Å². The summed E-state index contributed by atoms with van der Waals surface area (Å²) in [5, 5.41) is 0. The first-order chi connectivity index (χ1) is 11.3. The van der Waals surface area contributed by atoms with Crippen LogP contribution >= 0.6 is 0 Å². The van der Waals surface area contributed by atoms with E-state index in [4.69, 9.17) is 5.73 Å². The van der Waals surface area contributed by atoms with Crippen molar-refractivity contribution in [1.82, 2.24) is 0 Å². The molecule has 2 aromatic carbocycles. The van der Waals surface area contributed by atoms with Crippen LogP contribution in [0.15, 0.2) is 47.4 Å². The number of carbonyl (C=O) groups is 2. The summed E-state index contributed by atoms with van der Waals surface area (Å²) in [6.07, 6.45) is 0.173. The van der Waals surface area contributed by atoms with E-state index in [0.717, 1.165) is 0 Å². The van der Waals surface area contributed by atoms with Crippen LogP contribution in [0, 0.1) is 0 Å². The predicted octanol–water partition coefficient (Wildman–Crippen LogP) is 1.11. The SMILES string of the molecule is CN1C(=O)Cc2cc(S(=O)(=O)Nc3cccc(C(N)=O)c3)ccc21. The lowest BCUT2D eigenvalue weighted by molar-refractivity contribution is -0.117. The maximum atomic E-state index is 12.5. The number of hydrogen-bond acceptors (Lipinski definition) is 4.